The molecule has 3 heteroatoms. The van der Waals surface area contributed by atoms with Crippen LogP contribution in [-0.2, 0) is 6.54 Å². The minimum Gasteiger partial charge on any atom is -0.494 e. The van der Waals surface area contributed by atoms with Crippen LogP contribution < -0.4 is 14.8 Å². The Labute approximate surface area is 126 Å². The van der Waals surface area contributed by atoms with Crippen molar-refractivity contribution in [2.24, 2.45) is 0 Å². The van der Waals surface area contributed by atoms with Gasteiger partial charge in [0, 0.05) is 12.2 Å². The van der Waals surface area contributed by atoms with E-state index in [0.29, 0.717) is 13.2 Å². The molecular formula is C18H21NO2. The van der Waals surface area contributed by atoms with Crippen molar-refractivity contribution in [3.63, 3.8) is 0 Å². The third-order valence-corrected chi connectivity index (χ3v) is 2.95. The van der Waals surface area contributed by atoms with Gasteiger partial charge in [0.1, 0.15) is 18.1 Å². The van der Waals surface area contributed by atoms with Gasteiger partial charge in [-0.15, -0.1) is 0 Å². The molecule has 0 heterocycles. The molecule has 0 aromatic heterocycles. The molecule has 0 saturated carbocycles. The van der Waals surface area contributed by atoms with Crippen molar-refractivity contribution in [3.05, 3.63) is 66.7 Å². The predicted octanol–water partition coefficient (Wildman–Crippen LogP) is 4.26. The third-order valence-electron chi connectivity index (χ3n) is 2.95. The Kier molecular flexibility index (Phi) is 5.71. The quantitative estimate of drug-likeness (QED) is 0.734. The number of hydrogen-bond acceptors (Lipinski definition) is 3. The first-order chi connectivity index (χ1) is 10.3. The Morgan fingerprint density at radius 2 is 1.57 bits per heavy atom. The van der Waals surface area contributed by atoms with Gasteiger partial charge in [0.05, 0.1) is 6.61 Å². The van der Waals surface area contributed by atoms with Gasteiger partial charge in [-0.3, -0.25) is 0 Å². The van der Waals surface area contributed by atoms with Crippen LogP contribution in [0.2, 0.25) is 0 Å². The second kappa shape index (κ2) is 8.00. The largest absolute Gasteiger partial charge is 0.494 e. The second-order valence-corrected chi connectivity index (χ2v) is 4.55. The van der Waals surface area contributed by atoms with Crippen molar-refractivity contribution in [2.75, 3.05) is 18.5 Å². The van der Waals surface area contributed by atoms with Gasteiger partial charge in [0.25, 0.3) is 0 Å². The SMILES string of the molecule is C=CCOc1ccc(CNc2ccc(OCC)cc2)cc1. The summed E-state index contributed by atoms with van der Waals surface area (Å²) in [7, 11) is 0. The maximum absolute atomic E-state index is 5.46. The van der Waals surface area contributed by atoms with Crippen LogP contribution >= 0.6 is 0 Å². The summed E-state index contributed by atoms with van der Waals surface area (Å²) in [5.41, 5.74) is 2.28. The number of benzene rings is 2. The van der Waals surface area contributed by atoms with Crippen LogP contribution in [0.4, 0.5) is 5.69 Å². The molecule has 2 aromatic rings. The molecule has 2 rings (SSSR count). The molecule has 2 aromatic carbocycles. The standard InChI is InChI=1S/C18H21NO2/c1-3-13-21-18-9-5-15(6-10-18)14-19-16-7-11-17(12-8-16)20-4-2/h3,5-12,19H,1,4,13-14H2,2H3. The molecule has 0 atom stereocenters. The van der Waals surface area contributed by atoms with Crippen LogP contribution in [-0.4, -0.2) is 13.2 Å². The molecule has 3 nitrogen and oxygen atoms in total. The van der Waals surface area contributed by atoms with Gasteiger partial charge < -0.3 is 14.8 Å². The first kappa shape index (κ1) is 15.0. The molecule has 0 amide bonds. The molecule has 0 bridgehead atoms. The van der Waals surface area contributed by atoms with E-state index in [-0.39, 0.29) is 0 Å². The van der Waals surface area contributed by atoms with Crippen LogP contribution in [0.1, 0.15) is 12.5 Å². The first-order valence-electron chi connectivity index (χ1n) is 7.11. The van der Waals surface area contributed by atoms with E-state index in [0.717, 1.165) is 23.7 Å². The molecule has 0 fully saturated rings. The van der Waals surface area contributed by atoms with Crippen molar-refractivity contribution in [1.82, 2.24) is 0 Å². The summed E-state index contributed by atoms with van der Waals surface area (Å²) in [5, 5.41) is 3.38. The van der Waals surface area contributed by atoms with Crippen molar-refractivity contribution in [2.45, 2.75) is 13.5 Å². The van der Waals surface area contributed by atoms with Crippen LogP contribution in [0.3, 0.4) is 0 Å². The number of ether oxygens (including phenoxy) is 2. The normalized spacial score (nSPS) is 9.95. The lowest BCUT2D eigenvalue weighted by atomic mass is 10.2. The molecule has 0 aliphatic heterocycles. The van der Waals surface area contributed by atoms with Crippen molar-refractivity contribution >= 4 is 5.69 Å². The van der Waals surface area contributed by atoms with Crippen LogP contribution in [0.15, 0.2) is 61.2 Å². The zero-order valence-corrected chi connectivity index (χ0v) is 12.3. The number of hydrogen-bond donors (Lipinski definition) is 1. The summed E-state index contributed by atoms with van der Waals surface area (Å²) in [6, 6.07) is 16.0. The first-order valence-corrected chi connectivity index (χ1v) is 7.11. The Morgan fingerprint density at radius 3 is 2.19 bits per heavy atom. The Bertz CT molecular complexity index is 546. The van der Waals surface area contributed by atoms with E-state index < -0.39 is 0 Å². The fourth-order valence-corrected chi connectivity index (χ4v) is 1.90. The van der Waals surface area contributed by atoms with E-state index in [2.05, 4.69) is 24.0 Å². The van der Waals surface area contributed by atoms with Crippen LogP contribution in [0.25, 0.3) is 0 Å². The Hall–Kier alpha value is -2.42. The summed E-state index contributed by atoms with van der Waals surface area (Å²) in [5.74, 6) is 1.76. The van der Waals surface area contributed by atoms with E-state index in [1.807, 2.05) is 43.3 Å². The van der Waals surface area contributed by atoms with E-state index in [4.69, 9.17) is 9.47 Å². The van der Waals surface area contributed by atoms with E-state index in [9.17, 15) is 0 Å². The van der Waals surface area contributed by atoms with Crippen molar-refractivity contribution in [1.29, 1.82) is 0 Å². The fourth-order valence-electron chi connectivity index (χ4n) is 1.90. The molecular weight excluding hydrogens is 262 g/mol. The Morgan fingerprint density at radius 1 is 0.952 bits per heavy atom. The topological polar surface area (TPSA) is 30.5 Å². The monoisotopic (exact) mass is 283 g/mol. The van der Waals surface area contributed by atoms with Crippen LogP contribution in [0, 0.1) is 0 Å². The minimum absolute atomic E-state index is 0.532. The smallest absolute Gasteiger partial charge is 0.119 e. The highest BCUT2D eigenvalue weighted by Crippen LogP contribution is 2.17. The average Bonchev–Trinajstić information content (AvgIpc) is 2.53. The average molecular weight is 283 g/mol. The van der Waals surface area contributed by atoms with Crippen molar-refractivity contribution in [3.8, 4) is 11.5 Å². The summed E-state index contributed by atoms with van der Waals surface area (Å²) < 4.78 is 10.9. The molecule has 0 unspecified atom stereocenters. The van der Waals surface area contributed by atoms with Gasteiger partial charge in [0.2, 0.25) is 0 Å². The summed E-state index contributed by atoms with van der Waals surface area (Å²) in [6.07, 6.45) is 1.74. The molecule has 0 aliphatic carbocycles. The van der Waals surface area contributed by atoms with Gasteiger partial charge in [-0.25, -0.2) is 0 Å². The van der Waals surface area contributed by atoms with Gasteiger partial charge in [-0.1, -0.05) is 24.8 Å². The molecule has 110 valence electrons. The van der Waals surface area contributed by atoms with Gasteiger partial charge in [-0.05, 0) is 48.9 Å². The summed E-state index contributed by atoms with van der Waals surface area (Å²) >= 11 is 0. The Balaban J connectivity index is 1.85. The van der Waals surface area contributed by atoms with Crippen LogP contribution in [0.5, 0.6) is 11.5 Å². The maximum atomic E-state index is 5.46. The summed E-state index contributed by atoms with van der Waals surface area (Å²) in [4.78, 5) is 0. The summed E-state index contributed by atoms with van der Waals surface area (Å²) in [6.45, 7) is 7.60. The minimum atomic E-state index is 0.532. The third kappa shape index (κ3) is 4.88. The number of rotatable bonds is 8. The molecule has 0 saturated heterocycles. The van der Waals surface area contributed by atoms with Gasteiger partial charge in [0.15, 0.2) is 0 Å². The molecule has 0 radical (unpaired) electrons. The molecule has 21 heavy (non-hydrogen) atoms. The molecule has 1 N–H and O–H groups in total. The number of nitrogens with one attached hydrogen (secondary N) is 1. The fraction of sp³-hybridized carbons (Fsp3) is 0.222. The molecule has 0 aliphatic rings. The highest BCUT2D eigenvalue weighted by molar-refractivity contribution is 5.47. The second-order valence-electron chi connectivity index (χ2n) is 4.55. The lowest BCUT2D eigenvalue weighted by Crippen LogP contribution is -2.00. The molecule has 0 spiro atoms. The van der Waals surface area contributed by atoms with Crippen molar-refractivity contribution < 1.29 is 9.47 Å². The van der Waals surface area contributed by atoms with Gasteiger partial charge >= 0.3 is 0 Å². The van der Waals surface area contributed by atoms with E-state index in [1.54, 1.807) is 6.08 Å². The lowest BCUT2D eigenvalue weighted by Gasteiger charge is -2.09. The maximum Gasteiger partial charge on any atom is 0.119 e. The highest BCUT2D eigenvalue weighted by Gasteiger charge is 1.97. The zero-order chi connectivity index (χ0) is 14.9. The lowest BCUT2D eigenvalue weighted by molar-refractivity contribution is 0.340. The van der Waals surface area contributed by atoms with Gasteiger partial charge in [-0.2, -0.15) is 0 Å². The number of anilines is 1. The predicted molar refractivity (Wildman–Crippen MR) is 87.1 cm³/mol. The highest BCUT2D eigenvalue weighted by atomic mass is 16.5. The van der Waals surface area contributed by atoms with E-state index in [1.165, 1.54) is 5.56 Å². The zero-order valence-electron chi connectivity index (χ0n) is 12.3. The van der Waals surface area contributed by atoms with E-state index >= 15 is 0 Å².